The second-order valence-electron chi connectivity index (χ2n) is 6.64. The standard InChI is InChI=1S/C20H26N2O4/c23-20(21-13-17-8-10-25-15-17)12-18-11-19(26-22-18)7-4-9-24-14-16-5-2-1-3-6-16/h1-3,5-6,11,17H,4,7-10,12-15H2,(H,21,23). The molecule has 0 radical (unpaired) electrons. The number of aryl methyl sites for hydroxylation is 1. The van der Waals surface area contributed by atoms with Gasteiger partial charge < -0.3 is 19.3 Å². The molecule has 1 amide bonds. The molecule has 1 unspecified atom stereocenters. The molecule has 2 heterocycles. The van der Waals surface area contributed by atoms with Gasteiger partial charge in [0.15, 0.2) is 0 Å². The van der Waals surface area contributed by atoms with Gasteiger partial charge in [-0.3, -0.25) is 4.79 Å². The minimum atomic E-state index is -0.0251. The zero-order valence-corrected chi connectivity index (χ0v) is 15.0. The van der Waals surface area contributed by atoms with E-state index in [-0.39, 0.29) is 12.3 Å². The van der Waals surface area contributed by atoms with Crippen LogP contribution in [0.1, 0.15) is 29.9 Å². The maximum atomic E-state index is 12.0. The molecule has 3 rings (SSSR count). The van der Waals surface area contributed by atoms with Gasteiger partial charge in [-0.25, -0.2) is 0 Å². The number of carbonyl (C=O) groups is 1. The first-order valence-electron chi connectivity index (χ1n) is 9.20. The number of rotatable bonds is 10. The van der Waals surface area contributed by atoms with Crippen LogP contribution in [0.25, 0.3) is 0 Å². The van der Waals surface area contributed by atoms with Crippen LogP contribution in [-0.4, -0.2) is 37.4 Å². The van der Waals surface area contributed by atoms with Gasteiger partial charge in [-0.1, -0.05) is 35.5 Å². The van der Waals surface area contributed by atoms with Crippen LogP contribution in [0, 0.1) is 5.92 Å². The Morgan fingerprint density at radius 3 is 3.00 bits per heavy atom. The highest BCUT2D eigenvalue weighted by Crippen LogP contribution is 2.11. The Bertz CT molecular complexity index is 665. The van der Waals surface area contributed by atoms with Crippen molar-refractivity contribution in [2.24, 2.45) is 5.92 Å². The van der Waals surface area contributed by atoms with Crippen LogP contribution in [0.15, 0.2) is 40.9 Å². The number of carbonyl (C=O) groups excluding carboxylic acids is 1. The lowest BCUT2D eigenvalue weighted by atomic mass is 10.1. The molecule has 6 nitrogen and oxygen atoms in total. The van der Waals surface area contributed by atoms with E-state index in [1.807, 2.05) is 36.4 Å². The summed E-state index contributed by atoms with van der Waals surface area (Å²) in [6.45, 7) is 3.48. The first-order chi connectivity index (χ1) is 12.8. The lowest BCUT2D eigenvalue weighted by Crippen LogP contribution is -2.30. The second-order valence-corrected chi connectivity index (χ2v) is 6.64. The molecule has 26 heavy (non-hydrogen) atoms. The Morgan fingerprint density at radius 1 is 1.31 bits per heavy atom. The number of hydrogen-bond acceptors (Lipinski definition) is 5. The van der Waals surface area contributed by atoms with E-state index in [2.05, 4.69) is 10.5 Å². The van der Waals surface area contributed by atoms with Crippen molar-refractivity contribution in [2.45, 2.75) is 32.3 Å². The van der Waals surface area contributed by atoms with Crippen molar-refractivity contribution in [1.82, 2.24) is 10.5 Å². The third kappa shape index (κ3) is 6.28. The van der Waals surface area contributed by atoms with Gasteiger partial charge in [0.2, 0.25) is 5.91 Å². The van der Waals surface area contributed by atoms with Gasteiger partial charge in [0, 0.05) is 38.2 Å². The fourth-order valence-corrected chi connectivity index (χ4v) is 2.90. The van der Waals surface area contributed by atoms with Crippen LogP contribution in [0.5, 0.6) is 0 Å². The molecule has 0 aliphatic carbocycles. The summed E-state index contributed by atoms with van der Waals surface area (Å²) in [6.07, 6.45) is 2.88. The first-order valence-corrected chi connectivity index (χ1v) is 9.20. The maximum Gasteiger partial charge on any atom is 0.226 e. The van der Waals surface area contributed by atoms with Crippen LogP contribution in [0.3, 0.4) is 0 Å². The van der Waals surface area contributed by atoms with Gasteiger partial charge in [-0.15, -0.1) is 0 Å². The molecule has 1 aliphatic rings. The van der Waals surface area contributed by atoms with Crippen molar-refractivity contribution in [3.05, 3.63) is 53.4 Å². The van der Waals surface area contributed by atoms with Crippen LogP contribution >= 0.6 is 0 Å². The van der Waals surface area contributed by atoms with Gasteiger partial charge >= 0.3 is 0 Å². The van der Waals surface area contributed by atoms with E-state index in [4.69, 9.17) is 14.0 Å². The van der Waals surface area contributed by atoms with E-state index in [1.165, 1.54) is 5.56 Å². The smallest absolute Gasteiger partial charge is 0.226 e. The number of nitrogens with zero attached hydrogens (tertiary/aromatic N) is 1. The minimum absolute atomic E-state index is 0.0251. The Morgan fingerprint density at radius 2 is 2.19 bits per heavy atom. The molecule has 0 saturated carbocycles. The lowest BCUT2D eigenvalue weighted by Gasteiger charge is -2.08. The summed E-state index contributed by atoms with van der Waals surface area (Å²) >= 11 is 0. The summed E-state index contributed by atoms with van der Waals surface area (Å²) in [7, 11) is 0. The molecule has 1 N–H and O–H groups in total. The van der Waals surface area contributed by atoms with Gasteiger partial charge in [-0.2, -0.15) is 0 Å². The van der Waals surface area contributed by atoms with E-state index >= 15 is 0 Å². The number of benzene rings is 1. The number of hydrogen-bond donors (Lipinski definition) is 1. The van der Waals surface area contributed by atoms with Gasteiger partial charge in [0.1, 0.15) is 5.76 Å². The molecule has 1 aromatic carbocycles. The summed E-state index contributed by atoms with van der Waals surface area (Å²) in [6, 6.07) is 12.0. The largest absolute Gasteiger partial charge is 0.381 e. The fraction of sp³-hybridized carbons (Fsp3) is 0.500. The summed E-state index contributed by atoms with van der Waals surface area (Å²) in [5.74, 6) is 1.20. The molecule has 1 saturated heterocycles. The van der Waals surface area contributed by atoms with Crippen LogP contribution in [0.4, 0.5) is 0 Å². The molecular formula is C20H26N2O4. The molecule has 0 bridgehead atoms. The Hall–Kier alpha value is -2.18. The number of amides is 1. The minimum Gasteiger partial charge on any atom is -0.381 e. The zero-order chi connectivity index (χ0) is 18.0. The van der Waals surface area contributed by atoms with E-state index in [1.54, 1.807) is 0 Å². The lowest BCUT2D eigenvalue weighted by molar-refractivity contribution is -0.120. The quantitative estimate of drug-likeness (QED) is 0.661. The highest BCUT2D eigenvalue weighted by molar-refractivity contribution is 5.78. The fourth-order valence-electron chi connectivity index (χ4n) is 2.90. The Balaban J connectivity index is 1.29. The third-order valence-corrected chi connectivity index (χ3v) is 4.38. The van der Waals surface area contributed by atoms with Crippen molar-refractivity contribution in [3.63, 3.8) is 0 Å². The highest BCUT2D eigenvalue weighted by Gasteiger charge is 2.17. The van der Waals surface area contributed by atoms with Crippen molar-refractivity contribution in [1.29, 1.82) is 0 Å². The summed E-state index contributed by atoms with van der Waals surface area (Å²) in [4.78, 5) is 12.0. The highest BCUT2D eigenvalue weighted by atomic mass is 16.5. The average Bonchev–Trinajstić information content (AvgIpc) is 3.33. The first kappa shape index (κ1) is 18.6. The van der Waals surface area contributed by atoms with Crippen molar-refractivity contribution < 1.29 is 18.8 Å². The maximum absolute atomic E-state index is 12.0. The SMILES string of the molecule is O=C(Cc1cc(CCCOCc2ccccc2)on1)NCC1CCOC1. The molecule has 6 heteroatoms. The van der Waals surface area contributed by atoms with E-state index in [0.29, 0.717) is 31.4 Å². The van der Waals surface area contributed by atoms with E-state index in [9.17, 15) is 4.79 Å². The van der Waals surface area contributed by atoms with Crippen LogP contribution < -0.4 is 5.32 Å². The van der Waals surface area contributed by atoms with Crippen molar-refractivity contribution >= 4 is 5.91 Å². The topological polar surface area (TPSA) is 73.6 Å². The van der Waals surface area contributed by atoms with Crippen molar-refractivity contribution in [2.75, 3.05) is 26.4 Å². The molecule has 140 valence electrons. The van der Waals surface area contributed by atoms with Crippen molar-refractivity contribution in [3.8, 4) is 0 Å². The number of nitrogens with one attached hydrogen (secondary N) is 1. The number of aromatic nitrogens is 1. The molecule has 1 aromatic heterocycles. The second kappa shape index (κ2) is 10.1. The normalized spacial score (nSPS) is 16.7. The zero-order valence-electron chi connectivity index (χ0n) is 15.0. The summed E-state index contributed by atoms with van der Waals surface area (Å²) in [5.41, 5.74) is 1.84. The molecule has 0 spiro atoms. The molecule has 1 aliphatic heterocycles. The van der Waals surface area contributed by atoms with E-state index in [0.717, 1.165) is 38.2 Å². The van der Waals surface area contributed by atoms with Crippen LogP contribution in [0.2, 0.25) is 0 Å². The van der Waals surface area contributed by atoms with Gasteiger partial charge in [0.05, 0.1) is 25.3 Å². The monoisotopic (exact) mass is 358 g/mol. The summed E-state index contributed by atoms with van der Waals surface area (Å²) in [5, 5.41) is 6.92. The predicted molar refractivity (Wildman–Crippen MR) is 96.6 cm³/mol. The van der Waals surface area contributed by atoms with E-state index < -0.39 is 0 Å². The number of ether oxygens (including phenoxy) is 2. The predicted octanol–water partition coefficient (Wildman–Crippen LogP) is 2.52. The summed E-state index contributed by atoms with van der Waals surface area (Å²) < 4.78 is 16.3. The molecule has 2 aromatic rings. The van der Waals surface area contributed by atoms with Gasteiger partial charge in [0.25, 0.3) is 0 Å². The van der Waals surface area contributed by atoms with Crippen LogP contribution in [-0.2, 0) is 33.7 Å². The molecule has 1 fully saturated rings. The molecule has 1 atom stereocenters. The Labute approximate surface area is 153 Å². The average molecular weight is 358 g/mol. The molecular weight excluding hydrogens is 332 g/mol. The Kier molecular flexibility index (Phi) is 7.22. The third-order valence-electron chi connectivity index (χ3n) is 4.38. The van der Waals surface area contributed by atoms with Gasteiger partial charge in [-0.05, 0) is 18.4 Å².